The predicted octanol–water partition coefficient (Wildman–Crippen LogP) is 1.54. The third kappa shape index (κ3) is 5.95. The molecule has 2 N–H and O–H groups in total. The van der Waals surface area contributed by atoms with Gasteiger partial charge in [0.15, 0.2) is 0 Å². The summed E-state index contributed by atoms with van der Waals surface area (Å²) in [6.45, 7) is 4.11. The van der Waals surface area contributed by atoms with E-state index in [4.69, 9.17) is 0 Å². The van der Waals surface area contributed by atoms with Gasteiger partial charge in [-0.3, -0.25) is 4.79 Å². The Kier molecular flexibility index (Phi) is 8.85. The third-order valence-electron chi connectivity index (χ3n) is 4.32. The van der Waals surface area contributed by atoms with E-state index in [1.54, 1.807) is 24.3 Å². The topological polar surface area (TPSA) is 78.5 Å². The van der Waals surface area contributed by atoms with Crippen molar-refractivity contribution in [2.45, 2.75) is 31.1 Å². The molecule has 0 radical (unpaired) electrons. The smallest absolute Gasteiger partial charge is 0.243 e. The van der Waals surface area contributed by atoms with Crippen molar-refractivity contribution in [3.63, 3.8) is 0 Å². The van der Waals surface area contributed by atoms with Gasteiger partial charge in [-0.2, -0.15) is 4.31 Å². The molecule has 0 aliphatic carbocycles. The molecule has 2 rings (SSSR count). The first kappa shape index (κ1) is 21.9. The third-order valence-corrected chi connectivity index (χ3v) is 6.20. The summed E-state index contributed by atoms with van der Waals surface area (Å²) in [4.78, 5) is 12.6. The van der Waals surface area contributed by atoms with Crippen LogP contribution < -0.4 is 10.6 Å². The summed E-state index contributed by atoms with van der Waals surface area (Å²) in [6, 6.07) is 6.85. The van der Waals surface area contributed by atoms with Gasteiger partial charge in [0.2, 0.25) is 15.9 Å². The normalized spacial score (nSPS) is 18.4. The molecule has 1 saturated heterocycles. The Morgan fingerprint density at radius 2 is 1.92 bits per heavy atom. The zero-order chi connectivity index (χ0) is 17.6. The number of amides is 1. The van der Waals surface area contributed by atoms with E-state index >= 15 is 0 Å². The van der Waals surface area contributed by atoms with Crippen molar-refractivity contribution in [3.05, 3.63) is 29.8 Å². The zero-order valence-corrected chi connectivity index (χ0v) is 16.5. The Balaban J connectivity index is 0.00000312. The maximum atomic E-state index is 12.8. The van der Waals surface area contributed by atoms with Gasteiger partial charge in [-0.1, -0.05) is 17.7 Å². The van der Waals surface area contributed by atoms with Gasteiger partial charge in [-0.05, 0) is 51.9 Å². The largest absolute Gasteiger partial charge is 0.356 e. The Bertz CT molecular complexity index is 650. The number of nitrogens with zero attached hydrogens (tertiary/aromatic N) is 1. The van der Waals surface area contributed by atoms with Crippen LogP contribution in [0.1, 0.15) is 24.8 Å². The first-order valence-electron chi connectivity index (χ1n) is 8.44. The van der Waals surface area contributed by atoms with E-state index in [1.165, 1.54) is 4.31 Å². The van der Waals surface area contributed by atoms with Gasteiger partial charge in [0.1, 0.15) is 0 Å². The van der Waals surface area contributed by atoms with Crippen molar-refractivity contribution in [2.24, 2.45) is 5.92 Å². The monoisotopic (exact) mass is 389 g/mol. The molecule has 1 aliphatic heterocycles. The molecule has 1 heterocycles. The molecule has 1 aliphatic rings. The van der Waals surface area contributed by atoms with Crippen LogP contribution in [-0.2, 0) is 14.8 Å². The highest BCUT2D eigenvalue weighted by molar-refractivity contribution is 7.89. The SMILES string of the molecule is CNCCCNC(=O)C1CCCN(S(=O)(=O)c2ccc(C)cc2)C1.Cl. The van der Waals surface area contributed by atoms with Crippen LogP contribution in [0.15, 0.2) is 29.2 Å². The second-order valence-corrected chi connectivity index (χ2v) is 8.20. The number of hydrogen-bond donors (Lipinski definition) is 2. The van der Waals surface area contributed by atoms with E-state index in [0.29, 0.717) is 24.4 Å². The molecule has 0 saturated carbocycles. The fourth-order valence-electron chi connectivity index (χ4n) is 2.86. The highest BCUT2D eigenvalue weighted by Gasteiger charge is 2.33. The fourth-order valence-corrected chi connectivity index (χ4v) is 4.38. The van der Waals surface area contributed by atoms with Gasteiger partial charge in [0.25, 0.3) is 0 Å². The molecule has 1 atom stereocenters. The van der Waals surface area contributed by atoms with Crippen molar-refractivity contribution in [1.82, 2.24) is 14.9 Å². The number of halogens is 1. The Morgan fingerprint density at radius 1 is 1.24 bits per heavy atom. The van der Waals surface area contributed by atoms with E-state index in [1.807, 2.05) is 14.0 Å². The molecule has 1 unspecified atom stereocenters. The molecule has 0 bridgehead atoms. The summed E-state index contributed by atoms with van der Waals surface area (Å²) in [7, 11) is -1.66. The van der Waals surface area contributed by atoms with Crippen LogP contribution in [0.3, 0.4) is 0 Å². The number of hydrogen-bond acceptors (Lipinski definition) is 4. The Labute approximate surface area is 156 Å². The zero-order valence-electron chi connectivity index (χ0n) is 14.8. The van der Waals surface area contributed by atoms with Crippen LogP contribution in [0.2, 0.25) is 0 Å². The van der Waals surface area contributed by atoms with Crippen LogP contribution in [0.25, 0.3) is 0 Å². The molecular weight excluding hydrogens is 362 g/mol. The average molecular weight is 390 g/mol. The van der Waals surface area contributed by atoms with Crippen molar-refractivity contribution in [3.8, 4) is 0 Å². The Morgan fingerprint density at radius 3 is 2.56 bits per heavy atom. The summed E-state index contributed by atoms with van der Waals surface area (Å²) in [5, 5.41) is 5.94. The van der Waals surface area contributed by atoms with E-state index in [9.17, 15) is 13.2 Å². The number of carbonyl (C=O) groups excluding carboxylic acids is 1. The minimum atomic E-state index is -3.53. The summed E-state index contributed by atoms with van der Waals surface area (Å²) in [5.74, 6) is -0.316. The van der Waals surface area contributed by atoms with Crippen LogP contribution in [0.5, 0.6) is 0 Å². The van der Waals surface area contributed by atoms with Gasteiger partial charge < -0.3 is 10.6 Å². The maximum absolute atomic E-state index is 12.8. The highest BCUT2D eigenvalue weighted by Crippen LogP contribution is 2.24. The van der Waals surface area contributed by atoms with E-state index in [0.717, 1.165) is 24.9 Å². The number of benzene rings is 1. The van der Waals surface area contributed by atoms with Gasteiger partial charge in [-0.25, -0.2) is 8.42 Å². The van der Waals surface area contributed by atoms with E-state index in [2.05, 4.69) is 10.6 Å². The second kappa shape index (κ2) is 10.1. The lowest BCUT2D eigenvalue weighted by Gasteiger charge is -2.31. The fraction of sp³-hybridized carbons (Fsp3) is 0.588. The van der Waals surface area contributed by atoms with E-state index in [-0.39, 0.29) is 30.8 Å². The van der Waals surface area contributed by atoms with Gasteiger partial charge in [0, 0.05) is 19.6 Å². The van der Waals surface area contributed by atoms with Gasteiger partial charge in [-0.15, -0.1) is 12.4 Å². The van der Waals surface area contributed by atoms with Crippen LogP contribution in [-0.4, -0.2) is 51.9 Å². The van der Waals surface area contributed by atoms with E-state index < -0.39 is 10.0 Å². The van der Waals surface area contributed by atoms with Crippen molar-refractivity contribution in [2.75, 3.05) is 33.2 Å². The molecular formula is C17H28ClN3O3S. The molecule has 6 nitrogen and oxygen atoms in total. The predicted molar refractivity (Wildman–Crippen MR) is 101 cm³/mol. The summed E-state index contributed by atoms with van der Waals surface area (Å²) < 4.78 is 26.9. The van der Waals surface area contributed by atoms with Gasteiger partial charge in [0.05, 0.1) is 10.8 Å². The number of piperidine rings is 1. The van der Waals surface area contributed by atoms with Gasteiger partial charge >= 0.3 is 0 Å². The lowest BCUT2D eigenvalue weighted by atomic mass is 9.99. The van der Waals surface area contributed by atoms with Crippen molar-refractivity contribution < 1.29 is 13.2 Å². The summed E-state index contributed by atoms with van der Waals surface area (Å²) >= 11 is 0. The second-order valence-electron chi connectivity index (χ2n) is 6.26. The lowest BCUT2D eigenvalue weighted by Crippen LogP contribution is -2.45. The number of rotatable bonds is 7. The first-order chi connectivity index (χ1) is 11.4. The number of aryl methyl sites for hydroxylation is 1. The molecule has 1 aromatic rings. The molecule has 1 aromatic carbocycles. The molecule has 0 spiro atoms. The Hall–Kier alpha value is -1.15. The minimum absolute atomic E-state index is 0. The quantitative estimate of drug-likeness (QED) is 0.693. The molecule has 142 valence electrons. The molecule has 1 fully saturated rings. The van der Waals surface area contributed by atoms with Crippen LogP contribution in [0, 0.1) is 12.8 Å². The number of nitrogens with one attached hydrogen (secondary N) is 2. The number of carbonyl (C=O) groups is 1. The lowest BCUT2D eigenvalue weighted by molar-refractivity contribution is -0.126. The number of sulfonamides is 1. The molecule has 0 aromatic heterocycles. The van der Waals surface area contributed by atoms with Crippen LogP contribution >= 0.6 is 12.4 Å². The first-order valence-corrected chi connectivity index (χ1v) is 9.88. The van der Waals surface area contributed by atoms with Crippen molar-refractivity contribution >= 4 is 28.3 Å². The van der Waals surface area contributed by atoms with Crippen LogP contribution in [0.4, 0.5) is 0 Å². The summed E-state index contributed by atoms with van der Waals surface area (Å²) in [6.07, 6.45) is 2.30. The molecule has 25 heavy (non-hydrogen) atoms. The molecule has 8 heteroatoms. The standard InChI is InChI=1S/C17H27N3O3S.ClH/c1-14-6-8-16(9-7-14)24(22,23)20-12-3-5-15(13-20)17(21)19-11-4-10-18-2;/h6-9,15,18H,3-5,10-13H2,1-2H3,(H,19,21);1H. The summed E-state index contributed by atoms with van der Waals surface area (Å²) in [5.41, 5.74) is 1.02. The highest BCUT2D eigenvalue weighted by atomic mass is 35.5. The van der Waals surface area contributed by atoms with Crippen molar-refractivity contribution in [1.29, 1.82) is 0 Å². The maximum Gasteiger partial charge on any atom is 0.243 e. The molecule has 1 amide bonds. The average Bonchev–Trinajstić information content (AvgIpc) is 2.59. The minimum Gasteiger partial charge on any atom is -0.356 e.